The third-order valence-corrected chi connectivity index (χ3v) is 4.55. The van der Waals surface area contributed by atoms with Gasteiger partial charge >= 0.3 is 0 Å². The molecule has 6 nitrogen and oxygen atoms in total. The smallest absolute Gasteiger partial charge is 0.256 e. The molecule has 0 saturated heterocycles. The number of hydrogen-bond donors (Lipinski definition) is 2. The molecule has 0 aliphatic carbocycles. The Morgan fingerprint density at radius 3 is 2.07 bits per heavy atom. The molecule has 2 N–H and O–H groups in total. The molecule has 1 aromatic heterocycles. The second kappa shape index (κ2) is 8.31. The van der Waals surface area contributed by atoms with Crippen molar-refractivity contribution in [3.63, 3.8) is 0 Å². The zero-order valence-electron chi connectivity index (χ0n) is 17.1. The van der Waals surface area contributed by atoms with Crippen molar-refractivity contribution in [2.24, 2.45) is 0 Å². The van der Waals surface area contributed by atoms with E-state index in [0.29, 0.717) is 29.2 Å². The number of carbonyl (C=O) groups excluding carboxylic acids is 2. The summed E-state index contributed by atoms with van der Waals surface area (Å²) in [5, 5.41) is 9.32. The standard InChI is InChI=1S/C23H25N3O3/c1-15-13-20(26-29-15)25-22(28)18-7-5-16(6-8-18)14-24-21(27)17-9-11-19(12-10-17)23(2,3)4/h5-13H,14H2,1-4H3,(H,24,27)(H,25,26,28). The molecule has 2 amide bonds. The Morgan fingerprint density at radius 2 is 1.52 bits per heavy atom. The highest BCUT2D eigenvalue weighted by Gasteiger charge is 2.14. The Labute approximate surface area is 170 Å². The fraction of sp³-hybridized carbons (Fsp3) is 0.261. The van der Waals surface area contributed by atoms with Crippen molar-refractivity contribution in [2.75, 3.05) is 5.32 Å². The monoisotopic (exact) mass is 391 g/mol. The molecule has 150 valence electrons. The molecule has 0 saturated carbocycles. The van der Waals surface area contributed by atoms with Crippen LogP contribution in [0, 0.1) is 6.92 Å². The first-order valence-electron chi connectivity index (χ1n) is 9.45. The van der Waals surface area contributed by atoms with Gasteiger partial charge in [0.15, 0.2) is 5.82 Å². The van der Waals surface area contributed by atoms with Crippen LogP contribution in [-0.2, 0) is 12.0 Å². The van der Waals surface area contributed by atoms with Gasteiger partial charge in [-0.05, 0) is 47.7 Å². The number of aromatic nitrogens is 1. The molecule has 0 spiro atoms. The fourth-order valence-electron chi connectivity index (χ4n) is 2.79. The van der Waals surface area contributed by atoms with E-state index >= 15 is 0 Å². The van der Waals surface area contributed by atoms with Gasteiger partial charge in [-0.25, -0.2) is 0 Å². The van der Waals surface area contributed by atoms with Gasteiger partial charge in [0.25, 0.3) is 11.8 Å². The first-order valence-corrected chi connectivity index (χ1v) is 9.45. The largest absolute Gasteiger partial charge is 0.360 e. The van der Waals surface area contributed by atoms with Gasteiger partial charge in [-0.3, -0.25) is 9.59 Å². The quantitative estimate of drug-likeness (QED) is 0.672. The first-order chi connectivity index (χ1) is 13.7. The van der Waals surface area contributed by atoms with Crippen molar-refractivity contribution in [3.8, 4) is 0 Å². The topological polar surface area (TPSA) is 84.2 Å². The average molecular weight is 391 g/mol. The van der Waals surface area contributed by atoms with E-state index in [9.17, 15) is 9.59 Å². The summed E-state index contributed by atoms with van der Waals surface area (Å²) in [6, 6.07) is 16.3. The van der Waals surface area contributed by atoms with Gasteiger partial charge in [0.1, 0.15) is 5.76 Å². The molecule has 0 unspecified atom stereocenters. The first kappa shape index (κ1) is 20.3. The molecule has 6 heteroatoms. The molecule has 0 aliphatic rings. The van der Waals surface area contributed by atoms with Crippen molar-refractivity contribution in [3.05, 3.63) is 82.6 Å². The van der Waals surface area contributed by atoms with Crippen molar-refractivity contribution >= 4 is 17.6 Å². The zero-order chi connectivity index (χ0) is 21.0. The lowest BCUT2D eigenvalue weighted by Crippen LogP contribution is -2.23. The maximum absolute atomic E-state index is 12.4. The number of aryl methyl sites for hydroxylation is 1. The summed E-state index contributed by atoms with van der Waals surface area (Å²) < 4.78 is 4.93. The molecule has 2 aromatic carbocycles. The van der Waals surface area contributed by atoms with E-state index in [-0.39, 0.29) is 17.2 Å². The van der Waals surface area contributed by atoms with Crippen molar-refractivity contribution in [1.29, 1.82) is 0 Å². The Kier molecular flexibility index (Phi) is 5.82. The number of anilines is 1. The van der Waals surface area contributed by atoms with Crippen molar-refractivity contribution < 1.29 is 14.1 Å². The Morgan fingerprint density at radius 1 is 0.931 bits per heavy atom. The van der Waals surface area contributed by atoms with Crippen LogP contribution in [0.15, 0.2) is 59.1 Å². The SMILES string of the molecule is Cc1cc(NC(=O)c2ccc(CNC(=O)c3ccc(C(C)(C)C)cc3)cc2)no1. The van der Waals surface area contributed by atoms with Crippen LogP contribution in [0.3, 0.4) is 0 Å². The van der Waals surface area contributed by atoms with Gasteiger partial charge in [-0.1, -0.05) is 50.2 Å². The number of hydrogen-bond acceptors (Lipinski definition) is 4. The van der Waals surface area contributed by atoms with Gasteiger partial charge in [-0.15, -0.1) is 0 Å². The summed E-state index contributed by atoms with van der Waals surface area (Å²) >= 11 is 0. The molecule has 0 bridgehead atoms. The molecule has 3 rings (SSSR count). The molecule has 0 fully saturated rings. The zero-order valence-corrected chi connectivity index (χ0v) is 17.1. The molecule has 29 heavy (non-hydrogen) atoms. The van der Waals surface area contributed by atoms with E-state index in [0.717, 1.165) is 5.56 Å². The minimum atomic E-state index is -0.271. The molecule has 1 heterocycles. The number of nitrogens with one attached hydrogen (secondary N) is 2. The van der Waals surface area contributed by atoms with Crippen LogP contribution in [0.1, 0.15) is 58.4 Å². The van der Waals surface area contributed by atoms with E-state index in [4.69, 9.17) is 4.52 Å². The number of carbonyl (C=O) groups is 2. The van der Waals surface area contributed by atoms with Gasteiger partial charge in [0.05, 0.1) is 0 Å². The third kappa shape index (κ3) is 5.31. The minimum Gasteiger partial charge on any atom is -0.360 e. The second-order valence-electron chi connectivity index (χ2n) is 7.98. The van der Waals surface area contributed by atoms with Crippen LogP contribution in [0.5, 0.6) is 0 Å². The molecule has 3 aromatic rings. The van der Waals surface area contributed by atoms with Crippen molar-refractivity contribution in [2.45, 2.75) is 39.7 Å². The van der Waals surface area contributed by atoms with Crippen LogP contribution in [0.2, 0.25) is 0 Å². The van der Waals surface area contributed by atoms with Crippen molar-refractivity contribution in [1.82, 2.24) is 10.5 Å². The summed E-state index contributed by atoms with van der Waals surface area (Å²) in [5.41, 5.74) is 3.26. The van der Waals surface area contributed by atoms with E-state index in [1.54, 1.807) is 25.1 Å². The molecule has 0 radical (unpaired) electrons. The highest BCUT2D eigenvalue weighted by molar-refractivity contribution is 6.03. The van der Waals surface area contributed by atoms with Gasteiger partial charge in [0, 0.05) is 23.7 Å². The Hall–Kier alpha value is -3.41. The van der Waals surface area contributed by atoms with Gasteiger partial charge < -0.3 is 15.2 Å². The van der Waals surface area contributed by atoms with Crippen LogP contribution in [-0.4, -0.2) is 17.0 Å². The van der Waals surface area contributed by atoms with Gasteiger partial charge in [0.2, 0.25) is 0 Å². The maximum atomic E-state index is 12.4. The number of nitrogens with zero attached hydrogens (tertiary/aromatic N) is 1. The molecule has 0 atom stereocenters. The lowest BCUT2D eigenvalue weighted by molar-refractivity contribution is 0.0949. The van der Waals surface area contributed by atoms with Crippen LogP contribution in [0.4, 0.5) is 5.82 Å². The molecular weight excluding hydrogens is 366 g/mol. The van der Waals surface area contributed by atoms with Crippen LogP contribution >= 0.6 is 0 Å². The summed E-state index contributed by atoms with van der Waals surface area (Å²) in [5.74, 6) is 0.599. The maximum Gasteiger partial charge on any atom is 0.256 e. The van der Waals surface area contributed by atoms with Crippen LogP contribution < -0.4 is 10.6 Å². The Bertz CT molecular complexity index is 997. The minimum absolute atomic E-state index is 0.0511. The fourth-order valence-corrected chi connectivity index (χ4v) is 2.79. The Balaban J connectivity index is 1.55. The van der Waals surface area contributed by atoms with E-state index < -0.39 is 0 Å². The predicted molar refractivity (Wildman–Crippen MR) is 112 cm³/mol. The average Bonchev–Trinajstić information content (AvgIpc) is 3.10. The normalized spacial score (nSPS) is 11.2. The summed E-state index contributed by atoms with van der Waals surface area (Å²) in [4.78, 5) is 24.6. The van der Waals surface area contributed by atoms with E-state index in [1.807, 2.05) is 36.4 Å². The summed E-state index contributed by atoms with van der Waals surface area (Å²) in [6.45, 7) is 8.55. The summed E-state index contributed by atoms with van der Waals surface area (Å²) in [6.07, 6.45) is 0. The lowest BCUT2D eigenvalue weighted by Gasteiger charge is -2.19. The van der Waals surface area contributed by atoms with Gasteiger partial charge in [-0.2, -0.15) is 0 Å². The van der Waals surface area contributed by atoms with E-state index in [2.05, 4.69) is 36.6 Å². The highest BCUT2D eigenvalue weighted by Crippen LogP contribution is 2.22. The lowest BCUT2D eigenvalue weighted by atomic mass is 9.87. The summed E-state index contributed by atoms with van der Waals surface area (Å²) in [7, 11) is 0. The molecule has 0 aliphatic heterocycles. The predicted octanol–water partition coefficient (Wildman–Crippen LogP) is 4.46. The highest BCUT2D eigenvalue weighted by atomic mass is 16.5. The number of amides is 2. The molecular formula is C23H25N3O3. The number of benzene rings is 2. The number of rotatable bonds is 5. The second-order valence-corrected chi connectivity index (χ2v) is 7.98. The third-order valence-electron chi connectivity index (χ3n) is 4.55. The van der Waals surface area contributed by atoms with E-state index in [1.165, 1.54) is 5.56 Å². The van der Waals surface area contributed by atoms with Crippen LogP contribution in [0.25, 0.3) is 0 Å².